The van der Waals surface area contributed by atoms with Gasteiger partial charge in [-0.3, -0.25) is 4.79 Å². The number of sulfonamides is 1. The zero-order chi connectivity index (χ0) is 18.1. The monoisotopic (exact) mass is 352 g/mol. The Bertz CT molecular complexity index is 707. The molecule has 1 amide bonds. The molecule has 0 spiro atoms. The van der Waals surface area contributed by atoms with Crippen LogP contribution >= 0.6 is 0 Å². The molecule has 0 saturated carbocycles. The minimum atomic E-state index is -3.53. The van der Waals surface area contributed by atoms with E-state index in [1.165, 1.54) is 4.31 Å². The quantitative estimate of drug-likeness (QED) is 0.837. The molecular weight excluding hydrogens is 324 g/mol. The standard InChI is InChI=1S/C18H28N2O3S/c1-6-7-17(21)19-8-10-20(11-9-19)24(22,23)18-15(4)13(2)12-14(3)16(18)5/h12H,6-11H2,1-5H3. The Labute approximate surface area is 145 Å². The van der Waals surface area contributed by atoms with Crippen LogP contribution in [0.15, 0.2) is 11.0 Å². The van der Waals surface area contributed by atoms with E-state index in [0.29, 0.717) is 37.5 Å². The number of piperazine rings is 1. The molecule has 24 heavy (non-hydrogen) atoms. The van der Waals surface area contributed by atoms with Crippen molar-refractivity contribution < 1.29 is 13.2 Å². The zero-order valence-corrected chi connectivity index (χ0v) is 16.2. The largest absolute Gasteiger partial charge is 0.340 e. The summed E-state index contributed by atoms with van der Waals surface area (Å²) in [6.07, 6.45) is 1.35. The molecule has 1 heterocycles. The lowest BCUT2D eigenvalue weighted by Gasteiger charge is -2.34. The van der Waals surface area contributed by atoms with Gasteiger partial charge in [0.2, 0.25) is 15.9 Å². The Kier molecular flexibility index (Phi) is 5.71. The zero-order valence-electron chi connectivity index (χ0n) is 15.3. The van der Waals surface area contributed by atoms with Crippen molar-refractivity contribution >= 4 is 15.9 Å². The Hall–Kier alpha value is -1.40. The van der Waals surface area contributed by atoms with E-state index in [9.17, 15) is 13.2 Å². The van der Waals surface area contributed by atoms with Gasteiger partial charge in [-0.05, 0) is 56.4 Å². The van der Waals surface area contributed by atoms with Crippen molar-refractivity contribution in [2.45, 2.75) is 52.4 Å². The average Bonchev–Trinajstić information content (AvgIpc) is 2.53. The van der Waals surface area contributed by atoms with Crippen molar-refractivity contribution in [2.75, 3.05) is 26.2 Å². The molecule has 1 fully saturated rings. The lowest BCUT2D eigenvalue weighted by atomic mass is 10.0. The fraction of sp³-hybridized carbons (Fsp3) is 0.611. The summed E-state index contributed by atoms with van der Waals surface area (Å²) in [4.78, 5) is 14.2. The molecule has 1 aliphatic rings. The van der Waals surface area contributed by atoms with Gasteiger partial charge < -0.3 is 4.90 Å². The van der Waals surface area contributed by atoms with Crippen LogP contribution in [0, 0.1) is 27.7 Å². The second-order valence-electron chi connectivity index (χ2n) is 6.62. The molecule has 1 saturated heterocycles. The van der Waals surface area contributed by atoms with E-state index in [0.717, 1.165) is 28.7 Å². The minimum Gasteiger partial charge on any atom is -0.340 e. The third-order valence-electron chi connectivity index (χ3n) is 4.95. The van der Waals surface area contributed by atoms with Crippen LogP contribution in [0.3, 0.4) is 0 Å². The predicted molar refractivity (Wildman–Crippen MR) is 95.6 cm³/mol. The van der Waals surface area contributed by atoms with Crippen molar-refractivity contribution in [3.05, 3.63) is 28.3 Å². The number of amides is 1. The van der Waals surface area contributed by atoms with Crippen LogP contribution in [0.1, 0.15) is 42.0 Å². The maximum Gasteiger partial charge on any atom is 0.243 e. The van der Waals surface area contributed by atoms with Gasteiger partial charge in [-0.2, -0.15) is 4.31 Å². The van der Waals surface area contributed by atoms with Crippen LogP contribution in [0.5, 0.6) is 0 Å². The topological polar surface area (TPSA) is 57.7 Å². The molecule has 0 aromatic heterocycles. The number of hydrogen-bond donors (Lipinski definition) is 0. The van der Waals surface area contributed by atoms with Crippen molar-refractivity contribution in [2.24, 2.45) is 0 Å². The summed E-state index contributed by atoms with van der Waals surface area (Å²) in [5.74, 6) is 0.119. The molecule has 0 N–H and O–H groups in total. The molecular formula is C18H28N2O3S. The maximum atomic E-state index is 13.2. The van der Waals surface area contributed by atoms with E-state index in [1.807, 2.05) is 40.7 Å². The smallest absolute Gasteiger partial charge is 0.243 e. The molecule has 0 unspecified atom stereocenters. The Balaban J connectivity index is 2.26. The molecule has 1 aromatic carbocycles. The van der Waals surface area contributed by atoms with Crippen LogP contribution in [-0.2, 0) is 14.8 Å². The number of carbonyl (C=O) groups excluding carboxylic acids is 1. The highest BCUT2D eigenvalue weighted by Crippen LogP contribution is 2.29. The fourth-order valence-corrected chi connectivity index (χ4v) is 5.24. The summed E-state index contributed by atoms with van der Waals surface area (Å²) in [7, 11) is -3.53. The van der Waals surface area contributed by atoms with E-state index in [-0.39, 0.29) is 5.91 Å². The van der Waals surface area contributed by atoms with E-state index >= 15 is 0 Å². The number of benzene rings is 1. The molecule has 0 radical (unpaired) electrons. The van der Waals surface area contributed by atoms with Crippen LogP contribution in [-0.4, -0.2) is 49.7 Å². The second kappa shape index (κ2) is 7.23. The van der Waals surface area contributed by atoms with Crippen LogP contribution in [0.4, 0.5) is 0 Å². The molecule has 6 heteroatoms. The number of hydrogen-bond acceptors (Lipinski definition) is 3. The summed E-state index contributed by atoms with van der Waals surface area (Å²) in [5, 5.41) is 0. The number of carbonyl (C=O) groups is 1. The highest BCUT2D eigenvalue weighted by Gasteiger charge is 2.32. The van der Waals surface area contributed by atoms with Gasteiger partial charge in [0.25, 0.3) is 0 Å². The minimum absolute atomic E-state index is 0.119. The predicted octanol–water partition coefficient (Wildman–Crippen LogP) is 2.55. The van der Waals surface area contributed by atoms with Crippen LogP contribution in [0.2, 0.25) is 0 Å². The summed E-state index contributed by atoms with van der Waals surface area (Å²) in [6.45, 7) is 11.3. The van der Waals surface area contributed by atoms with Gasteiger partial charge in [0.1, 0.15) is 0 Å². The third kappa shape index (κ3) is 3.49. The van der Waals surface area contributed by atoms with E-state index in [2.05, 4.69) is 0 Å². The van der Waals surface area contributed by atoms with Crippen LogP contribution < -0.4 is 0 Å². The number of aryl methyl sites for hydroxylation is 2. The Morgan fingerprint density at radius 2 is 1.50 bits per heavy atom. The van der Waals surface area contributed by atoms with E-state index < -0.39 is 10.0 Å². The highest BCUT2D eigenvalue weighted by molar-refractivity contribution is 7.89. The van der Waals surface area contributed by atoms with Gasteiger partial charge in [-0.1, -0.05) is 13.0 Å². The molecule has 0 bridgehead atoms. The first-order valence-electron chi connectivity index (χ1n) is 8.55. The van der Waals surface area contributed by atoms with Gasteiger partial charge in [0.05, 0.1) is 4.90 Å². The first-order valence-corrected chi connectivity index (χ1v) is 9.99. The van der Waals surface area contributed by atoms with E-state index in [1.54, 1.807) is 4.90 Å². The lowest BCUT2D eigenvalue weighted by Crippen LogP contribution is -2.50. The van der Waals surface area contributed by atoms with Crippen molar-refractivity contribution in [3.8, 4) is 0 Å². The first-order chi connectivity index (χ1) is 11.2. The van der Waals surface area contributed by atoms with Crippen LogP contribution in [0.25, 0.3) is 0 Å². The van der Waals surface area contributed by atoms with Gasteiger partial charge in [-0.15, -0.1) is 0 Å². The van der Waals surface area contributed by atoms with Gasteiger partial charge in [-0.25, -0.2) is 8.42 Å². The summed E-state index contributed by atoms with van der Waals surface area (Å²) in [6, 6.07) is 2.03. The van der Waals surface area contributed by atoms with Gasteiger partial charge >= 0.3 is 0 Å². The summed E-state index contributed by atoms with van der Waals surface area (Å²) >= 11 is 0. The third-order valence-corrected chi connectivity index (χ3v) is 7.12. The van der Waals surface area contributed by atoms with Crippen molar-refractivity contribution in [1.82, 2.24) is 9.21 Å². The molecule has 5 nitrogen and oxygen atoms in total. The molecule has 0 atom stereocenters. The van der Waals surface area contributed by atoms with Gasteiger partial charge in [0.15, 0.2) is 0 Å². The maximum absolute atomic E-state index is 13.2. The molecule has 1 aromatic rings. The summed E-state index contributed by atoms with van der Waals surface area (Å²) in [5.41, 5.74) is 3.63. The number of rotatable bonds is 4. The van der Waals surface area contributed by atoms with Crippen molar-refractivity contribution in [1.29, 1.82) is 0 Å². The van der Waals surface area contributed by atoms with Crippen molar-refractivity contribution in [3.63, 3.8) is 0 Å². The normalized spacial score (nSPS) is 16.5. The number of nitrogens with zero attached hydrogens (tertiary/aromatic N) is 2. The molecule has 0 aliphatic carbocycles. The molecule has 1 aliphatic heterocycles. The second-order valence-corrected chi connectivity index (χ2v) is 8.50. The fourth-order valence-electron chi connectivity index (χ4n) is 3.25. The van der Waals surface area contributed by atoms with E-state index in [4.69, 9.17) is 0 Å². The average molecular weight is 353 g/mol. The molecule has 134 valence electrons. The Morgan fingerprint density at radius 3 is 1.96 bits per heavy atom. The Morgan fingerprint density at radius 1 is 1.00 bits per heavy atom. The highest BCUT2D eigenvalue weighted by atomic mass is 32.2. The van der Waals surface area contributed by atoms with Gasteiger partial charge in [0, 0.05) is 32.6 Å². The lowest BCUT2D eigenvalue weighted by molar-refractivity contribution is -0.132. The SMILES string of the molecule is CCCC(=O)N1CCN(S(=O)(=O)c2c(C)c(C)cc(C)c2C)CC1. The molecule has 2 rings (SSSR count). The first kappa shape index (κ1) is 18.9. The summed E-state index contributed by atoms with van der Waals surface area (Å²) < 4.78 is 27.8.